The Bertz CT molecular complexity index is 430. The first-order valence-electron chi connectivity index (χ1n) is 6.23. The highest BCUT2D eigenvalue weighted by Gasteiger charge is 2.16. The standard InChI is InChI=1S/C13H18BrN3O/c14-11-9-10(15)3-4-12(11)16-6-5-13(18)17-7-1-2-8-17/h3-4,9,16H,1-2,5-8,15H2. The Hall–Kier alpha value is -1.23. The first-order chi connectivity index (χ1) is 8.66. The number of hydrogen-bond donors (Lipinski definition) is 2. The van der Waals surface area contributed by atoms with Crippen LogP contribution in [0.5, 0.6) is 0 Å². The fourth-order valence-corrected chi connectivity index (χ4v) is 2.64. The average Bonchev–Trinajstić information content (AvgIpc) is 2.85. The molecule has 1 aliphatic heterocycles. The molecule has 1 fully saturated rings. The molecule has 0 radical (unpaired) electrons. The van der Waals surface area contributed by atoms with E-state index in [0.29, 0.717) is 13.0 Å². The molecule has 3 N–H and O–H groups in total. The molecule has 0 bridgehead atoms. The minimum absolute atomic E-state index is 0.242. The van der Waals surface area contributed by atoms with Gasteiger partial charge in [0.15, 0.2) is 0 Å². The van der Waals surface area contributed by atoms with Crippen molar-refractivity contribution in [3.63, 3.8) is 0 Å². The first-order valence-corrected chi connectivity index (χ1v) is 7.03. The van der Waals surface area contributed by atoms with Crippen molar-refractivity contribution in [2.45, 2.75) is 19.3 Å². The largest absolute Gasteiger partial charge is 0.399 e. The van der Waals surface area contributed by atoms with Gasteiger partial charge in [-0.25, -0.2) is 0 Å². The summed E-state index contributed by atoms with van der Waals surface area (Å²) in [5, 5.41) is 3.24. The highest BCUT2D eigenvalue weighted by molar-refractivity contribution is 9.10. The van der Waals surface area contributed by atoms with Crippen molar-refractivity contribution in [3.8, 4) is 0 Å². The molecule has 0 unspecified atom stereocenters. The molecule has 1 aliphatic rings. The lowest BCUT2D eigenvalue weighted by molar-refractivity contribution is -0.129. The second kappa shape index (κ2) is 6.09. The number of likely N-dealkylation sites (tertiary alicyclic amines) is 1. The van der Waals surface area contributed by atoms with E-state index in [4.69, 9.17) is 5.73 Å². The van der Waals surface area contributed by atoms with Gasteiger partial charge < -0.3 is 16.0 Å². The summed E-state index contributed by atoms with van der Waals surface area (Å²) in [7, 11) is 0. The van der Waals surface area contributed by atoms with E-state index in [1.165, 1.54) is 0 Å². The summed E-state index contributed by atoms with van der Waals surface area (Å²) < 4.78 is 0.927. The molecule has 1 heterocycles. The Balaban J connectivity index is 1.79. The van der Waals surface area contributed by atoms with Crippen LogP contribution in [0.1, 0.15) is 19.3 Å². The lowest BCUT2D eigenvalue weighted by atomic mass is 10.2. The van der Waals surface area contributed by atoms with Gasteiger partial charge in [0, 0.05) is 41.9 Å². The van der Waals surface area contributed by atoms with E-state index in [2.05, 4.69) is 21.2 Å². The van der Waals surface area contributed by atoms with Crippen molar-refractivity contribution >= 4 is 33.2 Å². The van der Waals surface area contributed by atoms with Crippen LogP contribution in [0.2, 0.25) is 0 Å². The summed E-state index contributed by atoms with van der Waals surface area (Å²) in [5.74, 6) is 0.242. The zero-order valence-corrected chi connectivity index (χ0v) is 11.9. The van der Waals surface area contributed by atoms with Crippen molar-refractivity contribution in [1.82, 2.24) is 4.90 Å². The molecule has 0 aliphatic carbocycles. The Morgan fingerprint density at radius 3 is 2.78 bits per heavy atom. The molecule has 0 aromatic heterocycles. The molecule has 1 aromatic rings. The normalized spacial score (nSPS) is 14.8. The number of amides is 1. The third-order valence-electron chi connectivity index (χ3n) is 3.11. The monoisotopic (exact) mass is 311 g/mol. The fraction of sp³-hybridized carbons (Fsp3) is 0.462. The van der Waals surface area contributed by atoms with Gasteiger partial charge in [-0.3, -0.25) is 4.79 Å². The van der Waals surface area contributed by atoms with Crippen molar-refractivity contribution in [2.75, 3.05) is 30.7 Å². The van der Waals surface area contributed by atoms with Crippen molar-refractivity contribution in [1.29, 1.82) is 0 Å². The summed E-state index contributed by atoms with van der Waals surface area (Å²) >= 11 is 3.44. The number of benzene rings is 1. The number of nitrogens with zero attached hydrogens (tertiary/aromatic N) is 1. The lowest BCUT2D eigenvalue weighted by Crippen LogP contribution is -2.29. The topological polar surface area (TPSA) is 58.4 Å². The summed E-state index contributed by atoms with van der Waals surface area (Å²) in [4.78, 5) is 13.8. The summed E-state index contributed by atoms with van der Waals surface area (Å²) in [5.41, 5.74) is 7.36. The molecule has 18 heavy (non-hydrogen) atoms. The van der Waals surface area contributed by atoms with E-state index in [0.717, 1.165) is 41.8 Å². The van der Waals surface area contributed by atoms with Crippen LogP contribution < -0.4 is 11.1 Å². The van der Waals surface area contributed by atoms with Crippen molar-refractivity contribution < 1.29 is 4.79 Å². The molecule has 1 aromatic carbocycles. The van der Waals surface area contributed by atoms with Gasteiger partial charge in [-0.2, -0.15) is 0 Å². The number of anilines is 2. The van der Waals surface area contributed by atoms with Gasteiger partial charge >= 0.3 is 0 Å². The van der Waals surface area contributed by atoms with E-state index in [-0.39, 0.29) is 5.91 Å². The molecule has 0 spiro atoms. The molecule has 1 amide bonds. The molecule has 4 nitrogen and oxygen atoms in total. The van der Waals surface area contributed by atoms with E-state index in [1.807, 2.05) is 23.1 Å². The Morgan fingerprint density at radius 1 is 1.39 bits per heavy atom. The van der Waals surface area contributed by atoms with Gasteiger partial charge in [0.05, 0.1) is 0 Å². The van der Waals surface area contributed by atoms with Crippen LogP contribution in [0.3, 0.4) is 0 Å². The van der Waals surface area contributed by atoms with E-state index >= 15 is 0 Å². The zero-order chi connectivity index (χ0) is 13.0. The maximum absolute atomic E-state index is 11.8. The SMILES string of the molecule is Nc1ccc(NCCC(=O)N2CCCC2)c(Br)c1. The van der Waals surface area contributed by atoms with Gasteiger partial charge in [-0.15, -0.1) is 0 Å². The third kappa shape index (κ3) is 3.38. The second-order valence-corrected chi connectivity index (χ2v) is 5.36. The maximum atomic E-state index is 11.8. The van der Waals surface area contributed by atoms with Crippen LogP contribution in [0.4, 0.5) is 11.4 Å². The van der Waals surface area contributed by atoms with E-state index in [9.17, 15) is 4.79 Å². The molecular weight excluding hydrogens is 294 g/mol. The maximum Gasteiger partial charge on any atom is 0.224 e. The number of rotatable bonds is 4. The Kier molecular flexibility index (Phi) is 4.47. The summed E-state index contributed by atoms with van der Waals surface area (Å²) in [6, 6.07) is 5.61. The number of carbonyl (C=O) groups is 1. The van der Waals surface area contributed by atoms with Gasteiger partial charge in [-0.05, 0) is 47.0 Å². The number of halogens is 1. The van der Waals surface area contributed by atoms with Crippen LogP contribution in [-0.4, -0.2) is 30.4 Å². The number of nitrogens with one attached hydrogen (secondary N) is 1. The number of carbonyl (C=O) groups excluding carboxylic acids is 1. The molecule has 5 heteroatoms. The molecule has 0 saturated carbocycles. The van der Waals surface area contributed by atoms with Gasteiger partial charge in [0.2, 0.25) is 5.91 Å². The van der Waals surface area contributed by atoms with Crippen LogP contribution >= 0.6 is 15.9 Å². The quantitative estimate of drug-likeness (QED) is 0.840. The second-order valence-electron chi connectivity index (χ2n) is 4.50. The molecular formula is C13H18BrN3O. The van der Waals surface area contributed by atoms with Gasteiger partial charge in [0.25, 0.3) is 0 Å². The fourth-order valence-electron chi connectivity index (χ4n) is 2.10. The summed E-state index contributed by atoms with van der Waals surface area (Å²) in [6.45, 7) is 2.49. The predicted molar refractivity (Wildman–Crippen MR) is 77.5 cm³/mol. The van der Waals surface area contributed by atoms with Crippen LogP contribution in [0.15, 0.2) is 22.7 Å². The molecule has 0 atom stereocenters. The Labute approximate surface area is 116 Å². The number of nitrogen functional groups attached to an aromatic ring is 1. The highest BCUT2D eigenvalue weighted by atomic mass is 79.9. The third-order valence-corrected chi connectivity index (χ3v) is 3.76. The predicted octanol–water partition coefficient (Wildman–Crippen LogP) is 2.46. The zero-order valence-electron chi connectivity index (χ0n) is 10.3. The van der Waals surface area contributed by atoms with E-state index < -0.39 is 0 Å². The molecule has 2 rings (SSSR count). The molecule has 98 valence electrons. The van der Waals surface area contributed by atoms with Gasteiger partial charge in [0.1, 0.15) is 0 Å². The van der Waals surface area contributed by atoms with Gasteiger partial charge in [-0.1, -0.05) is 0 Å². The first kappa shape index (κ1) is 13.2. The minimum Gasteiger partial charge on any atom is -0.399 e. The summed E-state index contributed by atoms with van der Waals surface area (Å²) in [6.07, 6.45) is 2.82. The van der Waals surface area contributed by atoms with Crippen molar-refractivity contribution in [3.05, 3.63) is 22.7 Å². The molecule has 1 saturated heterocycles. The highest BCUT2D eigenvalue weighted by Crippen LogP contribution is 2.24. The minimum atomic E-state index is 0.242. The number of hydrogen-bond acceptors (Lipinski definition) is 3. The Morgan fingerprint density at radius 2 is 2.11 bits per heavy atom. The van der Waals surface area contributed by atoms with Crippen LogP contribution in [0.25, 0.3) is 0 Å². The lowest BCUT2D eigenvalue weighted by Gasteiger charge is -2.15. The number of nitrogens with two attached hydrogens (primary N) is 1. The smallest absolute Gasteiger partial charge is 0.224 e. The van der Waals surface area contributed by atoms with E-state index in [1.54, 1.807) is 0 Å². The van der Waals surface area contributed by atoms with Crippen LogP contribution in [0, 0.1) is 0 Å². The van der Waals surface area contributed by atoms with Crippen molar-refractivity contribution in [2.24, 2.45) is 0 Å². The van der Waals surface area contributed by atoms with Crippen LogP contribution in [-0.2, 0) is 4.79 Å². The average molecular weight is 312 g/mol.